The van der Waals surface area contributed by atoms with E-state index in [9.17, 15) is 0 Å². The maximum Gasteiger partial charge on any atom is 0.0769 e. The van der Waals surface area contributed by atoms with Gasteiger partial charge in [-0.15, -0.1) is 0 Å². The summed E-state index contributed by atoms with van der Waals surface area (Å²) >= 11 is 6.08. The van der Waals surface area contributed by atoms with Gasteiger partial charge in [-0.1, -0.05) is 30.7 Å². The Labute approximate surface area is 125 Å². The molecule has 4 heteroatoms. The third-order valence-corrected chi connectivity index (χ3v) is 3.50. The first-order valence-electron chi connectivity index (χ1n) is 6.75. The predicted octanol–water partition coefficient (Wildman–Crippen LogP) is 4.36. The van der Waals surface area contributed by atoms with Crippen LogP contribution in [0.5, 0.6) is 0 Å². The lowest BCUT2D eigenvalue weighted by Gasteiger charge is -2.23. The van der Waals surface area contributed by atoms with E-state index >= 15 is 0 Å². The first-order valence-corrected chi connectivity index (χ1v) is 7.13. The van der Waals surface area contributed by atoms with Crippen LogP contribution < -0.4 is 10.2 Å². The minimum atomic E-state index is 0.219. The zero-order valence-electron chi connectivity index (χ0n) is 12.1. The summed E-state index contributed by atoms with van der Waals surface area (Å²) < 4.78 is 0. The van der Waals surface area contributed by atoms with E-state index in [1.165, 1.54) is 5.56 Å². The maximum atomic E-state index is 6.08. The van der Waals surface area contributed by atoms with Crippen LogP contribution in [0.3, 0.4) is 0 Å². The van der Waals surface area contributed by atoms with Crippen molar-refractivity contribution < 1.29 is 0 Å². The Bertz CT molecular complexity index is 569. The van der Waals surface area contributed by atoms with Gasteiger partial charge in [-0.05, 0) is 30.2 Å². The fourth-order valence-electron chi connectivity index (χ4n) is 2.22. The molecule has 1 atom stereocenters. The first-order chi connectivity index (χ1) is 9.61. The lowest BCUT2D eigenvalue weighted by Crippen LogP contribution is -2.15. The molecule has 0 amide bonds. The Morgan fingerprint density at radius 3 is 2.75 bits per heavy atom. The van der Waals surface area contributed by atoms with E-state index in [0.717, 1.165) is 22.8 Å². The lowest BCUT2D eigenvalue weighted by atomic mass is 10.0. The molecule has 2 rings (SSSR count). The zero-order valence-corrected chi connectivity index (χ0v) is 12.9. The molecular weight excluding hydrogens is 270 g/mol. The molecule has 0 spiro atoms. The van der Waals surface area contributed by atoms with Crippen LogP contribution in [0.4, 0.5) is 11.4 Å². The highest BCUT2D eigenvalue weighted by molar-refractivity contribution is 6.30. The van der Waals surface area contributed by atoms with E-state index in [2.05, 4.69) is 28.2 Å². The van der Waals surface area contributed by atoms with Crippen LogP contribution in [0.25, 0.3) is 0 Å². The van der Waals surface area contributed by atoms with Gasteiger partial charge < -0.3 is 10.2 Å². The van der Waals surface area contributed by atoms with Crippen molar-refractivity contribution in [2.45, 2.75) is 19.4 Å². The average Bonchev–Trinajstić information content (AvgIpc) is 2.45. The molecule has 20 heavy (non-hydrogen) atoms. The van der Waals surface area contributed by atoms with Crippen LogP contribution in [0.2, 0.25) is 5.02 Å². The summed E-state index contributed by atoms with van der Waals surface area (Å²) in [5.41, 5.74) is 3.35. The normalized spacial score (nSPS) is 12.0. The Hall–Kier alpha value is -1.74. The number of nitrogens with zero attached hydrogens (tertiary/aromatic N) is 2. The van der Waals surface area contributed by atoms with Crippen molar-refractivity contribution in [1.29, 1.82) is 0 Å². The molecular formula is C16H20ClN3. The monoisotopic (exact) mass is 289 g/mol. The first kappa shape index (κ1) is 14.7. The molecule has 1 aromatic carbocycles. The van der Waals surface area contributed by atoms with Gasteiger partial charge in [0.2, 0.25) is 0 Å². The van der Waals surface area contributed by atoms with Gasteiger partial charge in [-0.25, -0.2) is 0 Å². The molecule has 1 aromatic heterocycles. The van der Waals surface area contributed by atoms with E-state index < -0.39 is 0 Å². The molecule has 0 radical (unpaired) electrons. The molecule has 0 aliphatic rings. The minimum absolute atomic E-state index is 0.219. The molecule has 106 valence electrons. The number of benzene rings is 1. The standard InChI is InChI=1S/C16H20ClN3/c1-4-14(12-6-5-7-13(17)10-12)19-15-11-18-9-8-16(15)20(2)3/h5-11,14,19H,4H2,1-3H3. The molecule has 0 bridgehead atoms. The highest BCUT2D eigenvalue weighted by Crippen LogP contribution is 2.29. The minimum Gasteiger partial charge on any atom is -0.376 e. The van der Waals surface area contributed by atoms with Crippen molar-refractivity contribution in [3.8, 4) is 0 Å². The van der Waals surface area contributed by atoms with Gasteiger partial charge in [0.1, 0.15) is 0 Å². The van der Waals surface area contributed by atoms with Crippen molar-refractivity contribution in [3.63, 3.8) is 0 Å². The summed E-state index contributed by atoms with van der Waals surface area (Å²) in [6.07, 6.45) is 4.64. The number of hydrogen-bond acceptors (Lipinski definition) is 3. The van der Waals surface area contributed by atoms with Gasteiger partial charge in [0.15, 0.2) is 0 Å². The van der Waals surface area contributed by atoms with Crippen LogP contribution >= 0.6 is 11.6 Å². The second-order valence-corrected chi connectivity index (χ2v) is 5.38. The van der Waals surface area contributed by atoms with Gasteiger partial charge in [0.05, 0.1) is 23.6 Å². The van der Waals surface area contributed by atoms with Gasteiger partial charge in [-0.2, -0.15) is 0 Å². The number of pyridine rings is 1. The number of nitrogens with one attached hydrogen (secondary N) is 1. The van der Waals surface area contributed by atoms with Crippen molar-refractivity contribution in [2.75, 3.05) is 24.3 Å². The van der Waals surface area contributed by atoms with Crippen LogP contribution in [0.15, 0.2) is 42.7 Å². The highest BCUT2D eigenvalue weighted by Gasteiger charge is 2.12. The quantitative estimate of drug-likeness (QED) is 0.886. The number of halogens is 1. The highest BCUT2D eigenvalue weighted by atomic mass is 35.5. The summed E-state index contributed by atoms with van der Waals surface area (Å²) in [6.45, 7) is 2.16. The van der Waals surface area contributed by atoms with E-state index in [4.69, 9.17) is 11.6 Å². The molecule has 0 saturated carbocycles. The van der Waals surface area contributed by atoms with E-state index in [-0.39, 0.29) is 6.04 Å². The van der Waals surface area contributed by atoms with Gasteiger partial charge in [0, 0.05) is 25.3 Å². The molecule has 1 heterocycles. The number of aromatic nitrogens is 1. The van der Waals surface area contributed by atoms with Crippen molar-refractivity contribution in [1.82, 2.24) is 4.98 Å². The third-order valence-electron chi connectivity index (χ3n) is 3.27. The van der Waals surface area contributed by atoms with E-state index in [0.29, 0.717) is 0 Å². The number of anilines is 2. The average molecular weight is 290 g/mol. The smallest absolute Gasteiger partial charge is 0.0769 e. The van der Waals surface area contributed by atoms with E-state index in [1.54, 1.807) is 6.20 Å². The summed E-state index contributed by atoms with van der Waals surface area (Å²) in [6, 6.07) is 10.2. The summed E-state index contributed by atoms with van der Waals surface area (Å²) in [4.78, 5) is 6.29. The van der Waals surface area contributed by atoms with E-state index in [1.807, 2.05) is 44.6 Å². The summed E-state index contributed by atoms with van der Waals surface area (Å²) in [5.74, 6) is 0. The van der Waals surface area contributed by atoms with Crippen molar-refractivity contribution in [3.05, 3.63) is 53.3 Å². The Kier molecular flexibility index (Phi) is 4.85. The second kappa shape index (κ2) is 6.62. The number of hydrogen-bond donors (Lipinski definition) is 1. The molecule has 1 N–H and O–H groups in total. The molecule has 3 nitrogen and oxygen atoms in total. The van der Waals surface area contributed by atoms with Gasteiger partial charge in [0.25, 0.3) is 0 Å². The van der Waals surface area contributed by atoms with Crippen LogP contribution in [-0.4, -0.2) is 19.1 Å². The van der Waals surface area contributed by atoms with Crippen LogP contribution in [0, 0.1) is 0 Å². The molecule has 2 aromatic rings. The molecule has 0 aliphatic heterocycles. The predicted molar refractivity (Wildman–Crippen MR) is 86.7 cm³/mol. The largest absolute Gasteiger partial charge is 0.376 e. The Balaban J connectivity index is 2.27. The summed E-state index contributed by atoms with van der Waals surface area (Å²) in [5, 5.41) is 4.32. The fourth-order valence-corrected chi connectivity index (χ4v) is 2.42. The van der Waals surface area contributed by atoms with Crippen molar-refractivity contribution in [2.24, 2.45) is 0 Å². The molecule has 0 saturated heterocycles. The number of rotatable bonds is 5. The zero-order chi connectivity index (χ0) is 14.5. The van der Waals surface area contributed by atoms with Crippen LogP contribution in [-0.2, 0) is 0 Å². The Morgan fingerprint density at radius 1 is 1.30 bits per heavy atom. The fraction of sp³-hybridized carbons (Fsp3) is 0.312. The van der Waals surface area contributed by atoms with Gasteiger partial charge in [-0.3, -0.25) is 4.98 Å². The van der Waals surface area contributed by atoms with Crippen molar-refractivity contribution >= 4 is 23.0 Å². The summed E-state index contributed by atoms with van der Waals surface area (Å²) in [7, 11) is 4.06. The lowest BCUT2D eigenvalue weighted by molar-refractivity contribution is 0.748. The maximum absolute atomic E-state index is 6.08. The molecule has 0 fully saturated rings. The third kappa shape index (κ3) is 3.42. The van der Waals surface area contributed by atoms with Gasteiger partial charge >= 0.3 is 0 Å². The molecule has 1 unspecified atom stereocenters. The SMILES string of the molecule is CCC(Nc1cnccc1N(C)C)c1cccc(Cl)c1. The Morgan fingerprint density at radius 2 is 2.10 bits per heavy atom. The second-order valence-electron chi connectivity index (χ2n) is 4.95. The topological polar surface area (TPSA) is 28.2 Å². The van der Waals surface area contributed by atoms with Crippen LogP contribution in [0.1, 0.15) is 24.9 Å². The molecule has 0 aliphatic carbocycles.